The van der Waals surface area contributed by atoms with E-state index < -0.39 is 17.9 Å². The van der Waals surface area contributed by atoms with Gasteiger partial charge in [0.15, 0.2) is 0 Å². The molecule has 0 unspecified atom stereocenters. The Morgan fingerprint density at radius 1 is 1.30 bits per heavy atom. The van der Waals surface area contributed by atoms with E-state index in [2.05, 4.69) is 5.10 Å². The highest BCUT2D eigenvalue weighted by atomic mass is 16.4. The highest BCUT2D eigenvalue weighted by molar-refractivity contribution is 6.02. The number of imide groups is 1. The van der Waals surface area contributed by atoms with Gasteiger partial charge in [-0.15, -0.1) is 0 Å². The van der Waals surface area contributed by atoms with Crippen LogP contribution in [0.15, 0.2) is 35.4 Å². The van der Waals surface area contributed by atoms with Crippen molar-refractivity contribution in [2.24, 2.45) is 5.10 Å². The van der Waals surface area contributed by atoms with Gasteiger partial charge in [-0.25, -0.2) is 9.80 Å². The van der Waals surface area contributed by atoms with Crippen LogP contribution in [0.25, 0.3) is 0 Å². The maximum absolute atomic E-state index is 11.9. The van der Waals surface area contributed by atoms with Crippen molar-refractivity contribution in [2.75, 3.05) is 13.1 Å². The fourth-order valence-corrected chi connectivity index (χ4v) is 1.72. The monoisotopic (exact) mass is 275 g/mol. The van der Waals surface area contributed by atoms with Crippen molar-refractivity contribution >= 4 is 24.1 Å². The molecule has 20 heavy (non-hydrogen) atoms. The molecule has 0 spiro atoms. The second-order valence-corrected chi connectivity index (χ2v) is 4.18. The molecule has 7 heteroatoms. The molecule has 0 radical (unpaired) electrons. The van der Waals surface area contributed by atoms with E-state index in [0.717, 1.165) is 15.5 Å². The summed E-state index contributed by atoms with van der Waals surface area (Å²) in [5, 5.41) is 13.5. The molecule has 0 atom stereocenters. The number of hydrogen-bond donors (Lipinski definition) is 1. The summed E-state index contributed by atoms with van der Waals surface area (Å²) in [4.78, 5) is 34.9. The zero-order valence-corrected chi connectivity index (χ0v) is 10.6. The van der Waals surface area contributed by atoms with Gasteiger partial charge in [0.2, 0.25) is 0 Å². The van der Waals surface area contributed by atoms with Gasteiger partial charge in [-0.3, -0.25) is 14.5 Å². The van der Waals surface area contributed by atoms with Crippen LogP contribution >= 0.6 is 0 Å². The van der Waals surface area contributed by atoms with Crippen LogP contribution in [0.1, 0.15) is 12.0 Å². The molecule has 1 aromatic carbocycles. The van der Waals surface area contributed by atoms with E-state index in [1.165, 1.54) is 6.21 Å². The Bertz CT molecular complexity index is 556. The SMILES string of the molecule is O=C(O)CCN1C(=O)CN(/N=C/c2ccccc2)C1=O. The average molecular weight is 275 g/mol. The number of nitrogens with zero attached hydrogens (tertiary/aromatic N) is 3. The molecule has 1 saturated heterocycles. The van der Waals surface area contributed by atoms with Crippen LogP contribution in [0.5, 0.6) is 0 Å². The molecule has 1 N–H and O–H groups in total. The lowest BCUT2D eigenvalue weighted by Gasteiger charge is -2.12. The predicted molar refractivity (Wildman–Crippen MR) is 70.1 cm³/mol. The first-order chi connectivity index (χ1) is 9.58. The molecule has 1 aliphatic rings. The second kappa shape index (κ2) is 5.96. The first kappa shape index (κ1) is 13.7. The van der Waals surface area contributed by atoms with Crippen LogP contribution < -0.4 is 0 Å². The van der Waals surface area contributed by atoms with Crippen LogP contribution in [0.4, 0.5) is 4.79 Å². The fourth-order valence-electron chi connectivity index (χ4n) is 1.72. The minimum absolute atomic E-state index is 0.135. The molecule has 2 rings (SSSR count). The van der Waals surface area contributed by atoms with Crippen LogP contribution in [0, 0.1) is 0 Å². The lowest BCUT2D eigenvalue weighted by atomic mass is 10.2. The van der Waals surface area contributed by atoms with Crippen molar-refractivity contribution in [1.29, 1.82) is 0 Å². The van der Waals surface area contributed by atoms with Crippen molar-refractivity contribution in [2.45, 2.75) is 6.42 Å². The van der Waals surface area contributed by atoms with Crippen LogP contribution in [-0.4, -0.2) is 52.2 Å². The molecule has 1 fully saturated rings. The summed E-state index contributed by atoms with van der Waals surface area (Å²) in [6.45, 7) is -0.299. The van der Waals surface area contributed by atoms with Gasteiger partial charge in [0, 0.05) is 6.54 Å². The number of carboxylic acid groups (broad SMARTS) is 1. The van der Waals surface area contributed by atoms with Crippen LogP contribution in [0.2, 0.25) is 0 Å². The maximum Gasteiger partial charge on any atom is 0.347 e. The Hall–Kier alpha value is -2.70. The largest absolute Gasteiger partial charge is 0.481 e. The number of carbonyl (C=O) groups excluding carboxylic acids is 2. The Labute approximate surface area is 115 Å². The van der Waals surface area contributed by atoms with Gasteiger partial charge in [-0.05, 0) is 5.56 Å². The number of hydrazone groups is 1. The molecular weight excluding hydrogens is 262 g/mol. The lowest BCUT2D eigenvalue weighted by molar-refractivity contribution is -0.137. The standard InChI is InChI=1S/C13H13N3O4/c17-11-9-16(13(20)15(11)7-6-12(18)19)14-8-10-4-2-1-3-5-10/h1-5,8H,6-7,9H2,(H,18,19)/b14-8+. The molecule has 0 bridgehead atoms. The summed E-state index contributed by atoms with van der Waals surface area (Å²) < 4.78 is 0. The second-order valence-electron chi connectivity index (χ2n) is 4.18. The van der Waals surface area contributed by atoms with Crippen LogP contribution in [-0.2, 0) is 9.59 Å². The molecule has 3 amide bonds. The summed E-state index contributed by atoms with van der Waals surface area (Å²) in [6, 6.07) is 8.55. The van der Waals surface area contributed by atoms with Gasteiger partial charge in [0.1, 0.15) is 6.54 Å². The summed E-state index contributed by atoms with van der Waals surface area (Å²) in [5.74, 6) is -1.50. The van der Waals surface area contributed by atoms with Gasteiger partial charge in [0.25, 0.3) is 5.91 Å². The van der Waals surface area contributed by atoms with Gasteiger partial charge in [-0.1, -0.05) is 30.3 Å². The van der Waals surface area contributed by atoms with E-state index in [9.17, 15) is 14.4 Å². The molecule has 7 nitrogen and oxygen atoms in total. The van der Waals surface area contributed by atoms with Crippen molar-refractivity contribution < 1.29 is 19.5 Å². The maximum atomic E-state index is 11.9. The van der Waals surface area contributed by atoms with Gasteiger partial charge < -0.3 is 5.11 Å². The molecule has 104 valence electrons. The van der Waals surface area contributed by atoms with Crippen molar-refractivity contribution in [3.63, 3.8) is 0 Å². The summed E-state index contributed by atoms with van der Waals surface area (Å²) >= 11 is 0. The van der Waals surface area contributed by atoms with Crippen molar-refractivity contribution in [1.82, 2.24) is 9.91 Å². The third-order valence-electron chi connectivity index (χ3n) is 2.73. The van der Waals surface area contributed by atoms with Gasteiger partial charge in [0.05, 0.1) is 12.6 Å². The highest BCUT2D eigenvalue weighted by Gasteiger charge is 2.35. The lowest BCUT2D eigenvalue weighted by Crippen LogP contribution is -2.33. The normalized spacial score (nSPS) is 15.4. The number of carboxylic acids is 1. The summed E-state index contributed by atoms with van der Waals surface area (Å²) in [6.07, 6.45) is 1.21. The van der Waals surface area contributed by atoms with Gasteiger partial charge in [-0.2, -0.15) is 5.10 Å². The number of hydrogen-bond acceptors (Lipinski definition) is 4. The fraction of sp³-hybridized carbons (Fsp3) is 0.231. The summed E-state index contributed by atoms with van der Waals surface area (Å²) in [7, 11) is 0. The van der Waals surface area contributed by atoms with E-state index in [-0.39, 0.29) is 19.5 Å². The zero-order valence-electron chi connectivity index (χ0n) is 10.6. The van der Waals surface area contributed by atoms with E-state index in [1.807, 2.05) is 30.3 Å². The third-order valence-corrected chi connectivity index (χ3v) is 2.73. The average Bonchev–Trinajstić information content (AvgIpc) is 2.70. The Kier molecular flexibility index (Phi) is 4.09. The molecule has 1 heterocycles. The Morgan fingerprint density at radius 3 is 2.65 bits per heavy atom. The number of rotatable bonds is 5. The zero-order chi connectivity index (χ0) is 14.5. The summed E-state index contributed by atoms with van der Waals surface area (Å²) in [5.41, 5.74) is 0.803. The Morgan fingerprint density at radius 2 is 2.00 bits per heavy atom. The van der Waals surface area contributed by atoms with Crippen molar-refractivity contribution in [3.8, 4) is 0 Å². The quantitative estimate of drug-likeness (QED) is 0.634. The molecule has 1 aromatic rings. The first-order valence-electron chi connectivity index (χ1n) is 6.00. The van der Waals surface area contributed by atoms with E-state index in [4.69, 9.17) is 5.11 Å². The Balaban J connectivity index is 2.01. The molecule has 0 aromatic heterocycles. The smallest absolute Gasteiger partial charge is 0.347 e. The number of urea groups is 1. The number of amides is 3. The van der Waals surface area contributed by atoms with Gasteiger partial charge >= 0.3 is 12.0 Å². The number of carbonyl (C=O) groups is 3. The number of aliphatic carboxylic acids is 1. The van der Waals surface area contributed by atoms with E-state index >= 15 is 0 Å². The minimum Gasteiger partial charge on any atom is -0.481 e. The third kappa shape index (κ3) is 3.19. The van der Waals surface area contributed by atoms with E-state index in [0.29, 0.717) is 0 Å². The minimum atomic E-state index is -1.06. The van der Waals surface area contributed by atoms with E-state index in [1.54, 1.807) is 0 Å². The van der Waals surface area contributed by atoms with Crippen molar-refractivity contribution in [3.05, 3.63) is 35.9 Å². The first-order valence-corrected chi connectivity index (χ1v) is 6.00. The molecule has 0 saturated carbocycles. The molecule has 1 aliphatic heterocycles. The molecule has 0 aliphatic carbocycles. The van der Waals surface area contributed by atoms with Crippen LogP contribution in [0.3, 0.4) is 0 Å². The molecular formula is C13H13N3O4. The highest BCUT2D eigenvalue weighted by Crippen LogP contribution is 2.11. The predicted octanol–water partition coefficient (Wildman–Crippen LogP) is 0.759. The number of benzene rings is 1. The topological polar surface area (TPSA) is 90.3 Å².